The van der Waals surface area contributed by atoms with E-state index in [1.54, 1.807) is 6.07 Å². The summed E-state index contributed by atoms with van der Waals surface area (Å²) < 4.78 is 0. The van der Waals surface area contributed by atoms with Crippen LogP contribution in [0.4, 0.5) is 5.69 Å². The Bertz CT molecular complexity index is 952. The van der Waals surface area contributed by atoms with Crippen LogP contribution in [0, 0.1) is 0 Å². The van der Waals surface area contributed by atoms with Gasteiger partial charge in [0.05, 0.1) is 5.54 Å². The minimum absolute atomic E-state index is 0.0591. The maximum absolute atomic E-state index is 13.6. The van der Waals surface area contributed by atoms with E-state index >= 15 is 0 Å². The van der Waals surface area contributed by atoms with Crippen LogP contribution in [0.2, 0.25) is 0 Å². The number of anilines is 1. The predicted molar refractivity (Wildman–Crippen MR) is 98.6 cm³/mol. The lowest BCUT2D eigenvalue weighted by atomic mass is 9.53. The van der Waals surface area contributed by atoms with Gasteiger partial charge in [-0.3, -0.25) is 14.5 Å². The molecule has 2 heterocycles. The van der Waals surface area contributed by atoms with Crippen molar-refractivity contribution in [2.24, 2.45) is 0 Å². The summed E-state index contributed by atoms with van der Waals surface area (Å²) in [4.78, 5) is 28.0. The van der Waals surface area contributed by atoms with Crippen molar-refractivity contribution in [2.75, 3.05) is 4.90 Å². The summed E-state index contributed by atoms with van der Waals surface area (Å²) in [6.45, 7) is 2.17. The lowest BCUT2D eigenvalue weighted by Crippen LogP contribution is -2.67. The predicted octanol–water partition coefficient (Wildman–Crippen LogP) is 4.10. The summed E-state index contributed by atoms with van der Waals surface area (Å²) in [7, 11) is 0. The van der Waals surface area contributed by atoms with Crippen molar-refractivity contribution in [1.82, 2.24) is 0 Å². The average molecular weight is 347 g/mol. The van der Waals surface area contributed by atoms with E-state index in [0.29, 0.717) is 11.1 Å². The molecule has 1 aliphatic carbocycles. The lowest BCUT2D eigenvalue weighted by Gasteiger charge is -2.56. The Morgan fingerprint density at radius 3 is 2.58 bits per heavy atom. The van der Waals surface area contributed by atoms with Crippen molar-refractivity contribution in [1.29, 1.82) is 0 Å². The number of fused-ring (bicyclic) bond motifs is 4. The van der Waals surface area contributed by atoms with Gasteiger partial charge in [0.2, 0.25) is 0 Å². The number of nitrogens with zero attached hydrogens (tertiary/aromatic N) is 1. The summed E-state index contributed by atoms with van der Waals surface area (Å²) in [5, 5.41) is 10.3. The molecule has 5 rings (SSSR count). The van der Waals surface area contributed by atoms with Crippen LogP contribution < -0.4 is 4.90 Å². The van der Waals surface area contributed by atoms with Crippen LogP contribution in [0.15, 0.2) is 48.5 Å². The Balaban J connectivity index is 1.90. The average Bonchev–Trinajstić information content (AvgIpc) is 2.88. The molecule has 1 N–H and O–H groups in total. The molecule has 3 atom stereocenters. The zero-order valence-electron chi connectivity index (χ0n) is 14.7. The number of hydrogen-bond acceptors (Lipinski definition) is 2. The van der Waals surface area contributed by atoms with E-state index in [2.05, 4.69) is 13.0 Å². The number of para-hydroxylation sites is 1. The van der Waals surface area contributed by atoms with E-state index in [0.717, 1.165) is 36.9 Å². The first-order valence-electron chi connectivity index (χ1n) is 9.28. The second-order valence-corrected chi connectivity index (χ2v) is 7.98. The zero-order valence-corrected chi connectivity index (χ0v) is 14.7. The van der Waals surface area contributed by atoms with Gasteiger partial charge in [-0.1, -0.05) is 56.2 Å². The lowest BCUT2D eigenvalue weighted by molar-refractivity contribution is -0.142. The number of benzene rings is 2. The standard InChI is InChI=1S/C22H21NO3/c1-21-12-6-7-13-22(21)18(20(25)26)14-8-2-3-9-15(14)19(24)23(22)17-11-5-4-10-16(17)21/h2-5,8-11,18H,6-7,12-13H2,1H3,(H,25,26). The molecule has 1 amide bonds. The molecular weight excluding hydrogens is 326 g/mol. The van der Waals surface area contributed by atoms with Gasteiger partial charge in [-0.2, -0.15) is 0 Å². The Kier molecular flexibility index (Phi) is 2.98. The van der Waals surface area contributed by atoms with Crippen LogP contribution >= 0.6 is 0 Å². The fourth-order valence-electron chi connectivity index (χ4n) is 5.98. The van der Waals surface area contributed by atoms with Crippen LogP contribution in [0.25, 0.3) is 0 Å². The number of rotatable bonds is 1. The fraction of sp³-hybridized carbons (Fsp3) is 0.364. The largest absolute Gasteiger partial charge is 0.481 e. The second kappa shape index (κ2) is 4.97. The molecule has 0 saturated heterocycles. The van der Waals surface area contributed by atoms with E-state index in [4.69, 9.17) is 0 Å². The molecule has 3 aliphatic rings. The molecule has 26 heavy (non-hydrogen) atoms. The van der Waals surface area contributed by atoms with E-state index < -0.39 is 17.4 Å². The highest BCUT2D eigenvalue weighted by Gasteiger charge is 2.69. The number of carbonyl (C=O) groups is 2. The number of carbonyl (C=O) groups excluding carboxylic acids is 1. The van der Waals surface area contributed by atoms with Gasteiger partial charge in [-0.05, 0) is 36.1 Å². The quantitative estimate of drug-likeness (QED) is 0.845. The third-order valence-corrected chi connectivity index (χ3v) is 7.01. The number of hydrogen-bond donors (Lipinski definition) is 1. The molecule has 0 radical (unpaired) electrons. The molecule has 1 fully saturated rings. The second-order valence-electron chi connectivity index (χ2n) is 7.98. The minimum Gasteiger partial charge on any atom is -0.481 e. The molecule has 0 aromatic heterocycles. The number of carboxylic acid groups (broad SMARTS) is 1. The number of aliphatic carboxylic acids is 1. The molecule has 3 unspecified atom stereocenters. The highest BCUT2D eigenvalue weighted by molar-refractivity contribution is 6.13. The summed E-state index contributed by atoms with van der Waals surface area (Å²) in [6.07, 6.45) is 3.62. The summed E-state index contributed by atoms with van der Waals surface area (Å²) in [5.74, 6) is -1.61. The van der Waals surface area contributed by atoms with Crippen LogP contribution in [0.5, 0.6) is 0 Å². The normalized spacial score (nSPS) is 31.7. The Labute approximate surface area is 152 Å². The van der Waals surface area contributed by atoms with Gasteiger partial charge >= 0.3 is 5.97 Å². The molecule has 4 heteroatoms. The fourth-order valence-corrected chi connectivity index (χ4v) is 5.98. The third-order valence-electron chi connectivity index (χ3n) is 7.01. The van der Waals surface area contributed by atoms with Gasteiger partial charge in [0.15, 0.2) is 0 Å². The highest BCUT2D eigenvalue weighted by Crippen LogP contribution is 2.65. The van der Waals surface area contributed by atoms with Gasteiger partial charge in [-0.15, -0.1) is 0 Å². The molecule has 132 valence electrons. The topological polar surface area (TPSA) is 57.6 Å². The monoisotopic (exact) mass is 347 g/mol. The summed E-state index contributed by atoms with van der Waals surface area (Å²) in [5.41, 5.74) is 2.12. The Hall–Kier alpha value is -2.62. The van der Waals surface area contributed by atoms with E-state index in [1.807, 2.05) is 41.3 Å². The van der Waals surface area contributed by atoms with Gasteiger partial charge in [0.25, 0.3) is 5.91 Å². The maximum Gasteiger partial charge on any atom is 0.313 e. The van der Waals surface area contributed by atoms with E-state index in [1.165, 1.54) is 0 Å². The van der Waals surface area contributed by atoms with Crippen molar-refractivity contribution in [3.05, 3.63) is 65.2 Å². The number of amides is 1. The summed E-state index contributed by atoms with van der Waals surface area (Å²) in [6, 6.07) is 15.3. The Morgan fingerprint density at radius 1 is 1.08 bits per heavy atom. The first-order valence-corrected chi connectivity index (χ1v) is 9.28. The third kappa shape index (κ3) is 1.56. The van der Waals surface area contributed by atoms with Crippen molar-refractivity contribution >= 4 is 17.6 Å². The summed E-state index contributed by atoms with van der Waals surface area (Å²) >= 11 is 0. The number of carboxylic acids is 1. The van der Waals surface area contributed by atoms with Crippen molar-refractivity contribution in [3.8, 4) is 0 Å². The van der Waals surface area contributed by atoms with Crippen molar-refractivity contribution in [3.63, 3.8) is 0 Å². The highest BCUT2D eigenvalue weighted by atomic mass is 16.4. The smallest absolute Gasteiger partial charge is 0.313 e. The Morgan fingerprint density at radius 2 is 1.77 bits per heavy atom. The van der Waals surface area contributed by atoms with Crippen LogP contribution in [-0.2, 0) is 10.2 Å². The van der Waals surface area contributed by atoms with Gasteiger partial charge in [0, 0.05) is 16.7 Å². The van der Waals surface area contributed by atoms with Crippen LogP contribution in [0.3, 0.4) is 0 Å². The van der Waals surface area contributed by atoms with E-state index in [-0.39, 0.29) is 11.3 Å². The maximum atomic E-state index is 13.6. The molecule has 1 spiro atoms. The van der Waals surface area contributed by atoms with Crippen molar-refractivity contribution in [2.45, 2.75) is 49.5 Å². The van der Waals surface area contributed by atoms with Gasteiger partial charge in [-0.25, -0.2) is 0 Å². The molecule has 2 aromatic rings. The molecule has 2 aliphatic heterocycles. The minimum atomic E-state index is -0.837. The van der Waals surface area contributed by atoms with E-state index in [9.17, 15) is 14.7 Å². The SMILES string of the molecule is CC12CCCCC13C(C(=O)O)c1ccccc1C(=O)N3c1ccccc12. The van der Waals surface area contributed by atoms with Gasteiger partial charge in [0.1, 0.15) is 5.92 Å². The first kappa shape index (κ1) is 15.6. The van der Waals surface area contributed by atoms with Crippen LogP contribution in [-0.4, -0.2) is 22.5 Å². The molecule has 2 aromatic carbocycles. The zero-order chi connectivity index (χ0) is 18.1. The van der Waals surface area contributed by atoms with Crippen molar-refractivity contribution < 1.29 is 14.7 Å². The molecule has 0 bridgehead atoms. The molecular formula is C22H21NO3. The van der Waals surface area contributed by atoms with Crippen LogP contribution in [0.1, 0.15) is 60.0 Å². The first-order chi connectivity index (χ1) is 12.5. The molecule has 4 nitrogen and oxygen atoms in total. The van der Waals surface area contributed by atoms with Gasteiger partial charge < -0.3 is 5.11 Å². The molecule has 1 saturated carbocycles.